The van der Waals surface area contributed by atoms with Gasteiger partial charge >= 0.3 is 0 Å². The topological polar surface area (TPSA) is 44.4 Å². The third kappa shape index (κ3) is 3.45. The fraction of sp³-hybridized carbons (Fsp3) is 0.929. The fourth-order valence-corrected chi connectivity index (χ4v) is 3.13. The summed E-state index contributed by atoms with van der Waals surface area (Å²) in [4.78, 5) is 14.2. The molecule has 0 unspecified atom stereocenters. The van der Waals surface area contributed by atoms with Gasteiger partial charge in [0, 0.05) is 32.7 Å². The zero-order valence-electron chi connectivity index (χ0n) is 11.2. The molecular formula is C14H25N3O. The van der Waals surface area contributed by atoms with Gasteiger partial charge in [0.15, 0.2) is 0 Å². The van der Waals surface area contributed by atoms with Crippen molar-refractivity contribution >= 4 is 5.91 Å². The van der Waals surface area contributed by atoms with Crippen molar-refractivity contribution in [3.63, 3.8) is 0 Å². The Labute approximate surface area is 109 Å². The zero-order chi connectivity index (χ0) is 12.4. The first kappa shape index (κ1) is 12.4. The molecule has 0 aromatic rings. The highest BCUT2D eigenvalue weighted by atomic mass is 16.2. The van der Waals surface area contributed by atoms with Gasteiger partial charge in [0.2, 0.25) is 5.91 Å². The molecule has 0 spiro atoms. The smallest absolute Gasteiger partial charge is 0.234 e. The summed E-state index contributed by atoms with van der Waals surface area (Å²) in [5.74, 6) is 2.87. The molecule has 0 bridgehead atoms. The molecule has 2 aliphatic carbocycles. The fourth-order valence-electron chi connectivity index (χ4n) is 3.13. The minimum atomic E-state index is 0.225. The van der Waals surface area contributed by atoms with Crippen molar-refractivity contribution in [1.29, 1.82) is 0 Å². The molecule has 3 fully saturated rings. The molecule has 0 atom stereocenters. The van der Waals surface area contributed by atoms with Crippen LogP contribution in [0.5, 0.6) is 0 Å². The maximum atomic E-state index is 11.9. The Bertz CT molecular complexity index is 281. The number of rotatable bonds is 6. The van der Waals surface area contributed by atoms with E-state index in [2.05, 4.69) is 15.5 Å². The van der Waals surface area contributed by atoms with Crippen LogP contribution in [0.25, 0.3) is 0 Å². The summed E-state index contributed by atoms with van der Waals surface area (Å²) in [5.41, 5.74) is 0. The summed E-state index contributed by atoms with van der Waals surface area (Å²) in [7, 11) is 0. The lowest BCUT2D eigenvalue weighted by Crippen LogP contribution is -2.48. The number of carbonyl (C=O) groups excluding carboxylic acids is 1. The standard InChI is InChI=1S/C14H25N3O/c18-14(10-17-7-5-15-6-8-17)16-9-13(11-1-2-11)12-3-4-12/h11-13,15H,1-10H2,(H,16,18). The Morgan fingerprint density at radius 2 is 1.78 bits per heavy atom. The number of nitrogens with zero attached hydrogens (tertiary/aromatic N) is 1. The molecule has 4 heteroatoms. The largest absolute Gasteiger partial charge is 0.355 e. The molecule has 0 radical (unpaired) electrons. The summed E-state index contributed by atoms with van der Waals surface area (Å²) in [6, 6.07) is 0. The van der Waals surface area contributed by atoms with Crippen molar-refractivity contribution in [2.75, 3.05) is 39.3 Å². The van der Waals surface area contributed by atoms with Crippen molar-refractivity contribution in [2.45, 2.75) is 25.7 Å². The molecule has 0 aromatic heterocycles. The lowest BCUT2D eigenvalue weighted by atomic mass is 9.98. The summed E-state index contributed by atoms with van der Waals surface area (Å²) in [6.07, 6.45) is 5.59. The van der Waals surface area contributed by atoms with Crippen molar-refractivity contribution < 1.29 is 4.79 Å². The van der Waals surface area contributed by atoms with Gasteiger partial charge in [-0.3, -0.25) is 9.69 Å². The van der Waals surface area contributed by atoms with Gasteiger partial charge < -0.3 is 10.6 Å². The van der Waals surface area contributed by atoms with Crippen molar-refractivity contribution in [2.24, 2.45) is 17.8 Å². The van der Waals surface area contributed by atoms with Crippen LogP contribution >= 0.6 is 0 Å². The van der Waals surface area contributed by atoms with Crippen LogP contribution in [0.3, 0.4) is 0 Å². The highest BCUT2D eigenvalue weighted by Gasteiger charge is 2.41. The molecule has 2 N–H and O–H groups in total. The molecule has 3 rings (SSSR count). The number of piperazine rings is 1. The molecule has 18 heavy (non-hydrogen) atoms. The highest BCUT2D eigenvalue weighted by Crippen LogP contribution is 2.48. The predicted molar refractivity (Wildman–Crippen MR) is 71.3 cm³/mol. The maximum absolute atomic E-state index is 11.9. The molecule has 1 saturated heterocycles. The average Bonchev–Trinajstić information content (AvgIpc) is 3.25. The van der Waals surface area contributed by atoms with Gasteiger partial charge in [0.05, 0.1) is 6.54 Å². The van der Waals surface area contributed by atoms with Crippen LogP contribution in [0.1, 0.15) is 25.7 Å². The molecule has 2 saturated carbocycles. The van der Waals surface area contributed by atoms with Gasteiger partial charge in [-0.25, -0.2) is 0 Å². The second-order valence-corrected chi connectivity index (χ2v) is 6.17. The van der Waals surface area contributed by atoms with E-state index in [0.717, 1.165) is 50.5 Å². The van der Waals surface area contributed by atoms with Gasteiger partial charge in [-0.1, -0.05) is 0 Å². The van der Waals surface area contributed by atoms with Crippen molar-refractivity contribution in [3.8, 4) is 0 Å². The molecule has 4 nitrogen and oxygen atoms in total. The van der Waals surface area contributed by atoms with Gasteiger partial charge in [0.25, 0.3) is 0 Å². The van der Waals surface area contributed by atoms with E-state index in [-0.39, 0.29) is 5.91 Å². The number of hydrogen-bond donors (Lipinski definition) is 2. The van der Waals surface area contributed by atoms with Gasteiger partial charge in [-0.15, -0.1) is 0 Å². The minimum Gasteiger partial charge on any atom is -0.355 e. The molecule has 1 aliphatic heterocycles. The Hall–Kier alpha value is -0.610. The van der Waals surface area contributed by atoms with E-state index < -0.39 is 0 Å². The Morgan fingerprint density at radius 3 is 2.33 bits per heavy atom. The maximum Gasteiger partial charge on any atom is 0.234 e. The average molecular weight is 251 g/mol. The number of nitrogens with one attached hydrogen (secondary N) is 2. The first-order valence-electron chi connectivity index (χ1n) is 7.52. The Kier molecular flexibility index (Phi) is 3.85. The van der Waals surface area contributed by atoms with Crippen LogP contribution in [-0.2, 0) is 4.79 Å². The second kappa shape index (κ2) is 5.57. The van der Waals surface area contributed by atoms with Crippen LogP contribution in [-0.4, -0.2) is 50.1 Å². The van der Waals surface area contributed by atoms with Crippen LogP contribution in [0, 0.1) is 17.8 Å². The van der Waals surface area contributed by atoms with E-state index in [1.165, 1.54) is 25.7 Å². The van der Waals surface area contributed by atoms with E-state index in [1.54, 1.807) is 0 Å². The number of amides is 1. The molecule has 1 heterocycles. The highest BCUT2D eigenvalue weighted by molar-refractivity contribution is 5.78. The predicted octanol–water partition coefficient (Wildman–Crippen LogP) is 0.444. The summed E-state index contributed by atoms with van der Waals surface area (Å²) in [5, 5.41) is 6.48. The van der Waals surface area contributed by atoms with Gasteiger partial charge in [-0.05, 0) is 43.4 Å². The molecule has 1 amide bonds. The Morgan fingerprint density at radius 1 is 1.17 bits per heavy atom. The van der Waals surface area contributed by atoms with Crippen LogP contribution in [0.2, 0.25) is 0 Å². The van der Waals surface area contributed by atoms with E-state index in [4.69, 9.17) is 0 Å². The second-order valence-electron chi connectivity index (χ2n) is 6.17. The van der Waals surface area contributed by atoms with Crippen LogP contribution in [0.15, 0.2) is 0 Å². The molecule has 3 aliphatic rings. The molecule has 0 aromatic carbocycles. The number of hydrogen-bond acceptors (Lipinski definition) is 3. The van der Waals surface area contributed by atoms with E-state index in [1.807, 2.05) is 0 Å². The van der Waals surface area contributed by atoms with E-state index in [0.29, 0.717) is 6.54 Å². The molecule has 102 valence electrons. The monoisotopic (exact) mass is 251 g/mol. The zero-order valence-corrected chi connectivity index (χ0v) is 11.2. The number of carbonyl (C=O) groups is 1. The van der Waals surface area contributed by atoms with Crippen LogP contribution < -0.4 is 10.6 Å². The van der Waals surface area contributed by atoms with Crippen LogP contribution in [0.4, 0.5) is 0 Å². The Balaban J connectivity index is 1.37. The van der Waals surface area contributed by atoms with E-state index >= 15 is 0 Å². The van der Waals surface area contributed by atoms with Gasteiger partial charge in [0.1, 0.15) is 0 Å². The normalized spacial score (nSPS) is 25.4. The van der Waals surface area contributed by atoms with Crippen molar-refractivity contribution in [3.05, 3.63) is 0 Å². The first-order chi connectivity index (χ1) is 8.83. The minimum absolute atomic E-state index is 0.225. The molecular weight excluding hydrogens is 226 g/mol. The van der Waals surface area contributed by atoms with E-state index in [9.17, 15) is 4.79 Å². The summed E-state index contributed by atoms with van der Waals surface area (Å²) in [6.45, 7) is 5.55. The quantitative estimate of drug-likeness (QED) is 0.720. The SMILES string of the molecule is O=C(CN1CCNCC1)NCC(C1CC1)C1CC1. The first-order valence-corrected chi connectivity index (χ1v) is 7.52. The third-order valence-electron chi connectivity index (χ3n) is 4.57. The van der Waals surface area contributed by atoms with Gasteiger partial charge in [-0.2, -0.15) is 0 Å². The summed E-state index contributed by atoms with van der Waals surface area (Å²) >= 11 is 0. The lowest BCUT2D eigenvalue weighted by Gasteiger charge is -2.26. The lowest BCUT2D eigenvalue weighted by molar-refractivity contribution is -0.122. The summed E-state index contributed by atoms with van der Waals surface area (Å²) < 4.78 is 0. The van der Waals surface area contributed by atoms with Crippen molar-refractivity contribution in [1.82, 2.24) is 15.5 Å². The third-order valence-corrected chi connectivity index (χ3v) is 4.57.